The summed E-state index contributed by atoms with van der Waals surface area (Å²) in [5, 5.41) is 4.63. The molecule has 17 heavy (non-hydrogen) atoms. The highest BCUT2D eigenvalue weighted by Crippen LogP contribution is 2.12. The van der Waals surface area contributed by atoms with Crippen LogP contribution in [0.1, 0.15) is 22.5 Å². The second-order valence-electron chi connectivity index (χ2n) is 3.82. The maximum Gasteiger partial charge on any atom is 0.0925 e. The fourth-order valence-electron chi connectivity index (χ4n) is 1.57. The van der Waals surface area contributed by atoms with Crippen molar-refractivity contribution in [3.05, 3.63) is 46.2 Å². The summed E-state index contributed by atoms with van der Waals surface area (Å²) in [5.74, 6) is 0. The van der Waals surface area contributed by atoms with E-state index in [9.17, 15) is 0 Å². The van der Waals surface area contributed by atoms with Gasteiger partial charge in [0.25, 0.3) is 0 Å². The summed E-state index contributed by atoms with van der Waals surface area (Å²) in [6.07, 6.45) is 5.81. The van der Waals surface area contributed by atoms with E-state index in [-0.39, 0.29) is 0 Å². The Morgan fingerprint density at radius 2 is 2.24 bits per heavy atom. The molecule has 2 rings (SSSR count). The monoisotopic (exact) mass is 247 g/mol. The molecule has 0 unspecified atom stereocenters. The van der Waals surface area contributed by atoms with Gasteiger partial charge in [-0.15, -0.1) is 11.3 Å². The van der Waals surface area contributed by atoms with Crippen molar-refractivity contribution in [2.45, 2.75) is 26.3 Å². The third-order valence-corrected chi connectivity index (χ3v) is 3.63. The van der Waals surface area contributed by atoms with E-state index >= 15 is 0 Å². The summed E-state index contributed by atoms with van der Waals surface area (Å²) < 4.78 is 0. The molecule has 1 N–H and O–H groups in total. The molecule has 2 aromatic rings. The Hall–Kier alpha value is -1.26. The van der Waals surface area contributed by atoms with Crippen molar-refractivity contribution >= 4 is 11.3 Å². The summed E-state index contributed by atoms with van der Waals surface area (Å²) in [6.45, 7) is 4.00. The normalized spacial score (nSPS) is 10.6. The zero-order chi connectivity index (χ0) is 11.9. The lowest BCUT2D eigenvalue weighted by atomic mass is 10.3. The molecule has 0 spiro atoms. The van der Waals surface area contributed by atoms with Gasteiger partial charge < -0.3 is 5.32 Å². The van der Waals surface area contributed by atoms with E-state index < -0.39 is 0 Å². The van der Waals surface area contributed by atoms with Gasteiger partial charge in [0.15, 0.2) is 0 Å². The van der Waals surface area contributed by atoms with Gasteiger partial charge in [0.05, 0.1) is 5.01 Å². The number of pyridine rings is 1. The van der Waals surface area contributed by atoms with E-state index in [0.29, 0.717) is 0 Å². The first-order chi connectivity index (χ1) is 8.38. The van der Waals surface area contributed by atoms with Crippen molar-refractivity contribution in [3.8, 4) is 0 Å². The lowest BCUT2D eigenvalue weighted by Crippen LogP contribution is -2.16. The Morgan fingerprint density at radius 1 is 1.29 bits per heavy atom. The third kappa shape index (κ3) is 3.91. The summed E-state index contributed by atoms with van der Waals surface area (Å²) in [4.78, 5) is 9.94. The minimum absolute atomic E-state index is 0.907. The SMILES string of the molecule is CCc1ncc(CNCCc2ccccn2)s1. The molecule has 0 aromatic carbocycles. The van der Waals surface area contributed by atoms with Crippen molar-refractivity contribution in [1.29, 1.82) is 0 Å². The first-order valence-corrected chi connectivity index (χ1v) is 6.74. The average Bonchev–Trinajstić information content (AvgIpc) is 2.84. The lowest BCUT2D eigenvalue weighted by Gasteiger charge is -2.02. The number of hydrogen-bond acceptors (Lipinski definition) is 4. The van der Waals surface area contributed by atoms with Gasteiger partial charge in [-0.1, -0.05) is 13.0 Å². The van der Waals surface area contributed by atoms with Crippen LogP contribution in [0.3, 0.4) is 0 Å². The second-order valence-corrected chi connectivity index (χ2v) is 5.02. The van der Waals surface area contributed by atoms with Gasteiger partial charge in [-0.25, -0.2) is 4.98 Å². The second kappa shape index (κ2) is 6.47. The number of hydrogen-bond donors (Lipinski definition) is 1. The number of aromatic nitrogens is 2. The summed E-state index contributed by atoms with van der Waals surface area (Å²) in [6, 6.07) is 6.03. The first-order valence-electron chi connectivity index (χ1n) is 5.92. The fraction of sp³-hybridized carbons (Fsp3) is 0.385. The Labute approximate surface area is 106 Å². The van der Waals surface area contributed by atoms with E-state index in [1.807, 2.05) is 24.5 Å². The summed E-state index contributed by atoms with van der Waals surface area (Å²) in [7, 11) is 0. The highest BCUT2D eigenvalue weighted by atomic mass is 32.1. The summed E-state index contributed by atoms with van der Waals surface area (Å²) in [5.41, 5.74) is 1.14. The van der Waals surface area contributed by atoms with Crippen molar-refractivity contribution in [2.75, 3.05) is 6.54 Å². The van der Waals surface area contributed by atoms with Gasteiger partial charge in [0, 0.05) is 42.5 Å². The van der Waals surface area contributed by atoms with Crippen LogP contribution in [0.4, 0.5) is 0 Å². The molecular formula is C13H17N3S. The van der Waals surface area contributed by atoms with Crippen LogP contribution in [0, 0.1) is 0 Å². The minimum Gasteiger partial charge on any atom is -0.311 e. The predicted molar refractivity (Wildman–Crippen MR) is 71.1 cm³/mol. The third-order valence-electron chi connectivity index (χ3n) is 2.49. The van der Waals surface area contributed by atoms with Crippen LogP contribution in [0.5, 0.6) is 0 Å². The predicted octanol–water partition coefficient (Wildman–Crippen LogP) is 2.43. The van der Waals surface area contributed by atoms with Gasteiger partial charge in [-0.2, -0.15) is 0 Å². The van der Waals surface area contributed by atoms with Crippen LogP contribution in [0.2, 0.25) is 0 Å². The van der Waals surface area contributed by atoms with Gasteiger partial charge in [0.2, 0.25) is 0 Å². The molecule has 0 saturated carbocycles. The largest absolute Gasteiger partial charge is 0.311 e. The molecule has 90 valence electrons. The van der Waals surface area contributed by atoms with Crippen molar-refractivity contribution in [3.63, 3.8) is 0 Å². The Balaban J connectivity index is 1.69. The zero-order valence-corrected chi connectivity index (χ0v) is 10.8. The van der Waals surface area contributed by atoms with Crippen LogP contribution in [0.15, 0.2) is 30.6 Å². The molecule has 0 fully saturated rings. The molecule has 0 aliphatic rings. The number of aryl methyl sites for hydroxylation is 1. The van der Waals surface area contributed by atoms with Crippen LogP contribution in [0.25, 0.3) is 0 Å². The minimum atomic E-state index is 0.907. The molecule has 2 heterocycles. The number of thiazole rings is 1. The van der Waals surface area contributed by atoms with Crippen molar-refractivity contribution in [1.82, 2.24) is 15.3 Å². The average molecular weight is 247 g/mol. The number of rotatable bonds is 6. The topological polar surface area (TPSA) is 37.8 Å². The van der Waals surface area contributed by atoms with E-state index in [2.05, 4.69) is 28.3 Å². The van der Waals surface area contributed by atoms with Gasteiger partial charge >= 0.3 is 0 Å². The molecular weight excluding hydrogens is 230 g/mol. The maximum atomic E-state index is 4.34. The maximum absolute atomic E-state index is 4.34. The zero-order valence-electron chi connectivity index (χ0n) is 10.0. The smallest absolute Gasteiger partial charge is 0.0925 e. The summed E-state index contributed by atoms with van der Waals surface area (Å²) >= 11 is 1.79. The quantitative estimate of drug-likeness (QED) is 0.797. The van der Waals surface area contributed by atoms with Gasteiger partial charge in [-0.05, 0) is 18.6 Å². The molecule has 0 atom stereocenters. The molecule has 3 nitrogen and oxygen atoms in total. The van der Waals surface area contributed by atoms with E-state index in [1.165, 1.54) is 9.88 Å². The highest BCUT2D eigenvalue weighted by molar-refractivity contribution is 7.11. The molecule has 0 radical (unpaired) electrons. The van der Waals surface area contributed by atoms with Crippen LogP contribution in [-0.4, -0.2) is 16.5 Å². The number of nitrogens with one attached hydrogen (secondary N) is 1. The van der Waals surface area contributed by atoms with Crippen molar-refractivity contribution in [2.24, 2.45) is 0 Å². The molecule has 0 aliphatic carbocycles. The molecule has 4 heteroatoms. The Morgan fingerprint density at radius 3 is 2.94 bits per heavy atom. The van der Waals surface area contributed by atoms with Gasteiger partial charge in [-0.3, -0.25) is 4.98 Å². The fourth-order valence-corrected chi connectivity index (χ4v) is 2.40. The standard InChI is InChI=1S/C13H17N3S/c1-2-13-16-10-12(17-13)9-14-8-6-11-5-3-4-7-15-11/h3-5,7,10,14H,2,6,8-9H2,1H3. The molecule has 0 aliphatic heterocycles. The first kappa shape index (κ1) is 12.2. The molecule has 2 aromatic heterocycles. The van der Waals surface area contributed by atoms with Crippen LogP contribution in [-0.2, 0) is 19.4 Å². The molecule has 0 amide bonds. The van der Waals surface area contributed by atoms with E-state index in [4.69, 9.17) is 0 Å². The van der Waals surface area contributed by atoms with E-state index in [0.717, 1.165) is 31.6 Å². The van der Waals surface area contributed by atoms with Gasteiger partial charge in [0.1, 0.15) is 0 Å². The van der Waals surface area contributed by atoms with Crippen LogP contribution < -0.4 is 5.32 Å². The molecule has 0 bridgehead atoms. The number of nitrogens with zero attached hydrogens (tertiary/aromatic N) is 2. The van der Waals surface area contributed by atoms with Crippen molar-refractivity contribution < 1.29 is 0 Å². The van der Waals surface area contributed by atoms with Crippen LogP contribution >= 0.6 is 11.3 Å². The van der Waals surface area contributed by atoms with E-state index in [1.54, 1.807) is 11.3 Å². The highest BCUT2D eigenvalue weighted by Gasteiger charge is 1.99. The molecule has 0 saturated heterocycles. The lowest BCUT2D eigenvalue weighted by molar-refractivity contribution is 0.685. The Kier molecular flexibility index (Phi) is 4.64. The Bertz CT molecular complexity index is 439.